The Balaban J connectivity index is 0.000000877. The molecule has 0 radical (unpaired) electrons. The quantitative estimate of drug-likeness (QED) is 0.206. The van der Waals surface area contributed by atoms with E-state index in [9.17, 15) is 40.3 Å². The molecule has 37 heavy (non-hydrogen) atoms. The van der Waals surface area contributed by atoms with E-state index in [4.69, 9.17) is 4.18 Å². The molecule has 3 aromatic carbocycles. The van der Waals surface area contributed by atoms with Gasteiger partial charge in [-0.3, -0.25) is 0 Å². The normalized spacial score (nSPS) is 13.2. The minimum absolute atomic E-state index is 0.154. The molecular weight excluding hydrogens is 591 g/mol. The maximum atomic E-state index is 13.1. The van der Waals surface area contributed by atoms with Crippen molar-refractivity contribution in [2.24, 2.45) is 0 Å². The molecule has 3 nitrogen and oxygen atoms in total. The van der Waals surface area contributed by atoms with E-state index in [1.54, 1.807) is 30.3 Å². The number of carbonyl (C=O) groups is 1. The first-order valence-corrected chi connectivity index (χ1v) is 15.3. The second-order valence-corrected chi connectivity index (χ2v) is 15.3. The van der Waals surface area contributed by atoms with E-state index in [0.29, 0.717) is 9.37 Å². The summed E-state index contributed by atoms with van der Waals surface area (Å²) >= 11 is -2.32. The third kappa shape index (κ3) is 9.49. The third-order valence-electron chi connectivity index (χ3n) is 4.35. The number of hydrogen-bond donors (Lipinski definition) is 1. The van der Waals surface area contributed by atoms with Crippen molar-refractivity contribution in [2.75, 3.05) is 12.5 Å². The fraction of sp³-hybridized carbons (Fsp3) is 0.125. The molecule has 0 atom stereocenters. The zero-order valence-electron chi connectivity index (χ0n) is 19.5. The van der Waals surface area contributed by atoms with Gasteiger partial charge in [-0.2, -0.15) is 0 Å². The summed E-state index contributed by atoms with van der Waals surface area (Å²) in [6.07, 6.45) is -2.20. The van der Waals surface area contributed by atoms with Gasteiger partial charge in [0.15, 0.2) is 0 Å². The van der Waals surface area contributed by atoms with Crippen LogP contribution < -0.4 is 8.92 Å². The van der Waals surface area contributed by atoms with Crippen LogP contribution in [0.2, 0.25) is 0 Å². The second-order valence-electron chi connectivity index (χ2n) is 7.53. The number of hydrogen-bond acceptors (Lipinski definition) is 3. The summed E-state index contributed by atoms with van der Waals surface area (Å²) in [5, 5.41) is 11.4. The van der Waals surface area contributed by atoms with Gasteiger partial charge in [0.1, 0.15) is 0 Å². The second kappa shape index (κ2) is 12.6. The topological polar surface area (TPSA) is 46.5 Å². The zero-order chi connectivity index (χ0) is 27.9. The van der Waals surface area contributed by atoms with Crippen LogP contribution in [0.5, 0.6) is 0 Å². The Hall–Kier alpha value is -2.89. The van der Waals surface area contributed by atoms with Gasteiger partial charge in [-0.1, -0.05) is 0 Å². The molecule has 0 heterocycles. The molecule has 0 aliphatic carbocycles. The molecule has 1 N–H and O–H groups in total. The average Bonchev–Trinajstić information content (AvgIpc) is 2.81. The van der Waals surface area contributed by atoms with Crippen LogP contribution in [0.4, 0.5) is 30.4 Å². The number of aliphatic hydroxyl groups excluding tert-OH is 1. The van der Waals surface area contributed by atoms with Gasteiger partial charge in [0, 0.05) is 0 Å². The van der Waals surface area contributed by atoms with Crippen molar-refractivity contribution in [1.82, 2.24) is 0 Å². The van der Waals surface area contributed by atoms with Gasteiger partial charge < -0.3 is 17.3 Å². The van der Waals surface area contributed by atoms with Crippen molar-refractivity contribution in [3.63, 3.8) is 0 Å². The van der Waals surface area contributed by atoms with Gasteiger partial charge in [0.25, 0.3) is 0 Å². The predicted octanol–water partition coefficient (Wildman–Crippen LogP) is 6.15. The summed E-state index contributed by atoms with van der Waals surface area (Å²) in [5.74, 6) is -2.42. The predicted molar refractivity (Wildman–Crippen MR) is 136 cm³/mol. The van der Waals surface area contributed by atoms with E-state index in [0.717, 1.165) is 8.92 Å². The van der Waals surface area contributed by atoms with Gasteiger partial charge >= 0.3 is 198 Å². The van der Waals surface area contributed by atoms with E-state index < -0.39 is 43.6 Å². The van der Waals surface area contributed by atoms with Crippen LogP contribution in [0.25, 0.3) is 5.76 Å². The molecule has 0 unspecified atom stereocenters. The summed E-state index contributed by atoms with van der Waals surface area (Å²) in [6, 6.07) is 27.2. The molecule has 0 fully saturated rings. The first-order chi connectivity index (χ1) is 17.1. The molecule has 0 aliphatic rings. The third-order valence-corrected chi connectivity index (χ3v) is 13.7. The molecule has 0 saturated carbocycles. The molecule has 3 rings (SSSR count). The Kier molecular flexibility index (Phi) is 10.3. The fourth-order valence-corrected chi connectivity index (χ4v) is 12.2. The minimum Gasteiger partial charge on any atom is -0.418 e. The SMILES string of the molecule is CS(C)(OC(=O)C(F)(F)F)/C(=C(\O)c1ccccc1)[Se+](c1ccccc1)c1ccccc1.F[B-](F)(F)F. The molecule has 200 valence electrons. The number of aliphatic hydroxyl groups is 1. The summed E-state index contributed by atoms with van der Waals surface area (Å²) < 4.78 is 85.4. The van der Waals surface area contributed by atoms with Crippen LogP contribution in [0.3, 0.4) is 0 Å². The number of carbonyl (C=O) groups excluding carboxylic acids is 1. The Morgan fingerprint density at radius 3 is 1.49 bits per heavy atom. The van der Waals surface area contributed by atoms with E-state index in [2.05, 4.69) is 0 Å². The van der Waals surface area contributed by atoms with Crippen LogP contribution in [0, 0.1) is 0 Å². The number of rotatable bonds is 6. The van der Waals surface area contributed by atoms with E-state index in [1.807, 2.05) is 60.7 Å². The Labute approximate surface area is 215 Å². The van der Waals surface area contributed by atoms with Crippen molar-refractivity contribution in [3.05, 3.63) is 100 Å². The minimum atomic E-state index is -6.00. The maximum Gasteiger partial charge on any atom is 0.673 e. The summed E-state index contributed by atoms with van der Waals surface area (Å²) in [6.45, 7) is 0. The van der Waals surface area contributed by atoms with Gasteiger partial charge in [-0.25, -0.2) is 0 Å². The summed E-state index contributed by atoms with van der Waals surface area (Å²) in [5.41, 5.74) is 0.451. The van der Waals surface area contributed by atoms with Crippen LogP contribution in [-0.2, 0) is 8.98 Å². The van der Waals surface area contributed by atoms with Gasteiger partial charge in [-0.05, 0) is 0 Å². The van der Waals surface area contributed by atoms with Crippen LogP contribution in [0.15, 0.2) is 94.8 Å². The first-order valence-electron chi connectivity index (χ1n) is 10.4. The van der Waals surface area contributed by atoms with Crippen molar-refractivity contribution in [2.45, 2.75) is 6.18 Å². The van der Waals surface area contributed by atoms with Crippen molar-refractivity contribution >= 4 is 52.1 Å². The molecule has 0 bridgehead atoms. The Bertz CT molecular complexity index is 1140. The number of alkyl halides is 3. The molecule has 0 spiro atoms. The standard InChI is InChI=1S/C24H21F3O3SSe.BF4/c1-31(2,30-23(29)24(25,26)27)22(21(28)18-12-6-3-7-13-18)32(19-14-8-4-9-15-19)20-16-10-5-11-17-20;2-1(3,4)5/h3-17H,1-2H3;/q;-1/p+1/b22-21+;. The number of halogens is 7. The summed E-state index contributed by atoms with van der Waals surface area (Å²) in [4.78, 5) is 11.8. The van der Waals surface area contributed by atoms with Crippen LogP contribution in [-0.4, -0.2) is 50.9 Å². The molecule has 0 saturated heterocycles. The van der Waals surface area contributed by atoms with E-state index in [-0.39, 0.29) is 5.76 Å². The van der Waals surface area contributed by atoms with Gasteiger partial charge in [0.2, 0.25) is 0 Å². The molecular formula is C24H22BF7O3SSe. The molecule has 3 aromatic rings. The number of benzene rings is 3. The Morgan fingerprint density at radius 1 is 0.784 bits per heavy atom. The monoisotopic (exact) mass is 614 g/mol. The fourth-order valence-electron chi connectivity index (χ4n) is 2.98. The first kappa shape index (κ1) is 30.3. The summed E-state index contributed by atoms with van der Waals surface area (Å²) in [7, 11) is -8.83. The zero-order valence-corrected chi connectivity index (χ0v) is 22.0. The van der Waals surface area contributed by atoms with Crippen molar-refractivity contribution < 1.29 is 44.5 Å². The van der Waals surface area contributed by atoms with Crippen LogP contribution in [0.1, 0.15) is 5.56 Å². The van der Waals surface area contributed by atoms with Crippen molar-refractivity contribution in [3.8, 4) is 0 Å². The largest absolute Gasteiger partial charge is 0.673 e. The average molecular weight is 613 g/mol. The molecule has 0 amide bonds. The molecule has 0 aliphatic heterocycles. The van der Waals surface area contributed by atoms with Gasteiger partial charge in [0.05, 0.1) is 0 Å². The Morgan fingerprint density at radius 2 is 1.14 bits per heavy atom. The smallest absolute Gasteiger partial charge is 0.418 e. The van der Waals surface area contributed by atoms with E-state index >= 15 is 0 Å². The van der Waals surface area contributed by atoms with Gasteiger partial charge in [-0.15, -0.1) is 0 Å². The van der Waals surface area contributed by atoms with Crippen molar-refractivity contribution in [1.29, 1.82) is 0 Å². The molecule has 0 aromatic heterocycles. The molecule has 13 heteroatoms. The maximum absolute atomic E-state index is 13.1. The van der Waals surface area contributed by atoms with Crippen LogP contribution >= 0.6 is 10.3 Å². The van der Waals surface area contributed by atoms with E-state index in [1.165, 1.54) is 12.5 Å².